The number of hydrogen-bond acceptors (Lipinski definition) is 8. The van der Waals surface area contributed by atoms with Gasteiger partial charge in [-0.15, -0.1) is 0 Å². The van der Waals surface area contributed by atoms with Gasteiger partial charge in [0.25, 0.3) is 0 Å². The Labute approximate surface area is 456 Å². The predicted octanol–water partition coefficient (Wildman–Crippen LogP) is 22.6. The number of rotatable bonds is 64. The van der Waals surface area contributed by atoms with Gasteiger partial charge in [-0.1, -0.05) is 0 Å². The zero-order valence-electron chi connectivity index (χ0n) is 51.2. The summed E-state index contributed by atoms with van der Waals surface area (Å²) in [6.07, 6.45) is 52.1. The van der Waals surface area contributed by atoms with Gasteiger partial charge in [0.15, 0.2) is 0 Å². The van der Waals surface area contributed by atoms with Crippen LogP contribution >= 0.6 is 0 Å². The first-order valence-corrected chi connectivity index (χ1v) is 36.0. The Morgan fingerprint density at radius 3 is 0.342 bits per heavy atom. The fourth-order valence-corrected chi connectivity index (χ4v) is 17.2. The fraction of sp³-hybridized carbons (Fsp3) is 1.00. The average Bonchev–Trinajstić information content (AvgIpc) is 3.40. The standard InChI is InChI=1S/8C8H17O.Cu/c8*1-2-3-4-5-6-7-8-9;/h8*2-8H2,1H3;/q8*-1;+8. The van der Waals surface area contributed by atoms with Gasteiger partial charge in [-0.25, -0.2) is 0 Å². The summed E-state index contributed by atoms with van der Waals surface area (Å²) in [5.41, 5.74) is 0. The van der Waals surface area contributed by atoms with E-state index in [2.05, 4.69) is 55.4 Å². The van der Waals surface area contributed by atoms with E-state index in [0.29, 0.717) is 0 Å². The molecule has 0 saturated carbocycles. The monoisotopic (exact) mass is 1100 g/mol. The summed E-state index contributed by atoms with van der Waals surface area (Å²) in [5, 5.41) is 0. The molecule has 0 N–H and O–H groups in total. The molecule has 8 nitrogen and oxygen atoms in total. The van der Waals surface area contributed by atoms with Gasteiger partial charge >= 0.3 is 458 Å². The van der Waals surface area contributed by atoms with E-state index < -0.39 is 11.3 Å². The molecule has 0 aliphatic rings. The third-order valence-corrected chi connectivity index (χ3v) is 22.2. The minimum absolute atomic E-state index is 0.207. The molecule has 0 aromatic carbocycles. The Bertz CT molecular complexity index is 918. The Morgan fingerprint density at radius 2 is 0.233 bits per heavy atom. The summed E-state index contributed by atoms with van der Waals surface area (Å²) in [7, 11) is 0. The third-order valence-electron chi connectivity index (χ3n) is 14.5. The topological polar surface area (TPSA) is 73.8 Å². The molecule has 0 spiro atoms. The van der Waals surface area contributed by atoms with E-state index in [4.69, 9.17) is 30.6 Å². The van der Waals surface area contributed by atoms with Crippen LogP contribution in [0, 0.1) is 0 Å². The normalized spacial score (nSPS) is 14.4. The van der Waals surface area contributed by atoms with Crippen LogP contribution in [0.5, 0.6) is 0 Å². The van der Waals surface area contributed by atoms with Gasteiger partial charge in [-0.05, 0) is 0 Å². The van der Waals surface area contributed by atoms with Crippen molar-refractivity contribution in [3.8, 4) is 0 Å². The number of hydrogen-bond donors (Lipinski definition) is 0. The fourth-order valence-electron chi connectivity index (χ4n) is 9.52. The second-order valence-corrected chi connectivity index (χ2v) is 28.4. The minimum atomic E-state index is -8.11. The van der Waals surface area contributed by atoms with Gasteiger partial charge in [-0.2, -0.15) is 0 Å². The van der Waals surface area contributed by atoms with E-state index in [1.165, 1.54) is 154 Å². The van der Waals surface area contributed by atoms with Crippen LogP contribution < -0.4 is 0 Å². The summed E-state index contributed by atoms with van der Waals surface area (Å²) in [4.78, 5) is 0. The summed E-state index contributed by atoms with van der Waals surface area (Å²) in [5.74, 6) is 0. The molecule has 0 aliphatic heterocycles. The molecule has 73 heavy (non-hydrogen) atoms. The summed E-state index contributed by atoms with van der Waals surface area (Å²) < 4.78 is 64.5. The average molecular weight is 1100 g/mol. The van der Waals surface area contributed by atoms with Crippen LogP contribution in [0.15, 0.2) is 0 Å². The maximum atomic E-state index is 8.06. The van der Waals surface area contributed by atoms with Crippen LogP contribution in [0.25, 0.3) is 0 Å². The molecule has 0 rings (SSSR count). The van der Waals surface area contributed by atoms with Gasteiger partial charge in [0, 0.05) is 0 Å². The molecule has 0 atom stereocenters. The second-order valence-electron chi connectivity index (χ2n) is 21.9. The molecule has 0 aromatic rings. The quantitative estimate of drug-likeness (QED) is 0.0441. The summed E-state index contributed by atoms with van der Waals surface area (Å²) in [6.45, 7) is 20.0. The summed E-state index contributed by atoms with van der Waals surface area (Å²) in [6, 6.07) is 0. The second kappa shape index (κ2) is 43.1. The van der Waals surface area contributed by atoms with Crippen LogP contribution in [0.2, 0.25) is 0 Å². The first kappa shape index (κ1) is 73.2. The molecule has 0 aromatic heterocycles. The van der Waals surface area contributed by atoms with Crippen molar-refractivity contribution in [3.05, 3.63) is 0 Å². The van der Waals surface area contributed by atoms with Crippen LogP contribution in [0.1, 0.15) is 364 Å². The van der Waals surface area contributed by atoms with Crippen molar-refractivity contribution in [1.29, 1.82) is 0 Å². The van der Waals surface area contributed by atoms with Gasteiger partial charge in [0.2, 0.25) is 0 Å². The Balaban J connectivity index is 8.85. The molecule has 0 fully saturated rings. The van der Waals surface area contributed by atoms with Crippen molar-refractivity contribution in [1.82, 2.24) is 0 Å². The van der Waals surface area contributed by atoms with E-state index in [-0.39, 0.29) is 52.9 Å². The van der Waals surface area contributed by atoms with Gasteiger partial charge in [0.1, 0.15) is 0 Å². The molecule has 0 unspecified atom stereocenters. The molecular weight excluding hydrogens is 960 g/mol. The van der Waals surface area contributed by atoms with E-state index in [0.717, 1.165) is 154 Å². The van der Waals surface area contributed by atoms with Gasteiger partial charge < -0.3 is 0 Å². The molecule has 9 heteroatoms. The van der Waals surface area contributed by atoms with Crippen LogP contribution in [0.3, 0.4) is 0 Å². The third kappa shape index (κ3) is 28.3. The Hall–Kier alpha value is 0.199. The molecule has 451 valence electrons. The van der Waals surface area contributed by atoms with Crippen LogP contribution in [-0.4, -0.2) is 52.9 Å². The molecule has 0 bridgehead atoms. The first-order valence-electron chi connectivity index (χ1n) is 33.0. The molecule has 0 saturated heterocycles. The Morgan fingerprint density at radius 1 is 0.137 bits per heavy atom. The van der Waals surface area contributed by atoms with E-state index in [9.17, 15) is 0 Å². The summed E-state index contributed by atoms with van der Waals surface area (Å²) >= 11 is -8.11. The molecule has 0 amide bonds. The van der Waals surface area contributed by atoms with Crippen molar-refractivity contribution < 1.29 is 41.8 Å². The number of unbranched alkanes of at least 4 members (excludes halogenated alkanes) is 40. The van der Waals surface area contributed by atoms with Crippen molar-refractivity contribution in [2.24, 2.45) is 0 Å². The van der Waals surface area contributed by atoms with Crippen LogP contribution in [-0.2, 0) is 41.8 Å². The van der Waals surface area contributed by atoms with Crippen molar-refractivity contribution in [2.45, 2.75) is 364 Å². The van der Waals surface area contributed by atoms with Crippen molar-refractivity contribution in [3.63, 3.8) is 0 Å². The van der Waals surface area contributed by atoms with Gasteiger partial charge in [0.05, 0.1) is 0 Å². The maximum absolute atomic E-state index is 8.11. The van der Waals surface area contributed by atoms with E-state index in [1.54, 1.807) is 0 Å². The zero-order valence-corrected chi connectivity index (χ0v) is 52.1. The molecule has 0 heterocycles. The van der Waals surface area contributed by atoms with Crippen LogP contribution in [0.4, 0.5) is 0 Å². The van der Waals surface area contributed by atoms with E-state index in [1.807, 2.05) is 0 Å². The van der Waals surface area contributed by atoms with Crippen molar-refractivity contribution in [2.75, 3.05) is 52.9 Å². The van der Waals surface area contributed by atoms with Gasteiger partial charge in [-0.3, -0.25) is 0 Å². The first-order chi connectivity index (χ1) is 35.7. The Kier molecular flexibility index (Phi) is 43.2. The predicted molar refractivity (Wildman–Crippen MR) is 315 cm³/mol. The SMILES string of the molecule is CCCCCCCC[O][Cu]([O]CCCCCCCC)([O]CCCCCCCC)([O]CCCCCCCC)([O]CCCCCCCC)([O]CCCCCCCC)([O]CCCCCCCC)[O]CCCCCCCC. The van der Waals surface area contributed by atoms with E-state index >= 15 is 0 Å². The molecule has 0 radical (unpaired) electrons. The molecular formula is C64H136CuO8. The van der Waals surface area contributed by atoms with Crippen molar-refractivity contribution >= 4 is 0 Å². The zero-order chi connectivity index (χ0) is 53.6. The molecule has 0 aliphatic carbocycles.